The molecule has 0 aromatic heterocycles. The van der Waals surface area contributed by atoms with Gasteiger partial charge in [0.1, 0.15) is 5.75 Å². The molecule has 0 heterocycles. The molecule has 1 aromatic rings. The molecule has 0 radical (unpaired) electrons. The lowest BCUT2D eigenvalue weighted by Crippen LogP contribution is -2.09. The zero-order chi connectivity index (χ0) is 13.3. The van der Waals surface area contributed by atoms with Crippen LogP contribution in [0.5, 0.6) is 5.75 Å². The summed E-state index contributed by atoms with van der Waals surface area (Å²) in [4.78, 5) is 11.7. The maximum absolute atomic E-state index is 11.7. The fourth-order valence-corrected chi connectivity index (χ4v) is 2.55. The smallest absolute Gasteiger partial charge is 0.264 e. The molecule has 0 aliphatic heterocycles. The van der Waals surface area contributed by atoms with Crippen LogP contribution in [0.25, 0.3) is 0 Å². The number of aryl methyl sites for hydroxylation is 1. The Hall–Kier alpha value is -1.40. The van der Waals surface area contributed by atoms with E-state index in [1.54, 1.807) is 6.07 Å². The van der Waals surface area contributed by atoms with Crippen molar-refractivity contribution in [2.24, 2.45) is 0 Å². The van der Waals surface area contributed by atoms with E-state index in [4.69, 9.17) is 0 Å². The topological polar surface area (TPSA) is 80.7 Å². The van der Waals surface area contributed by atoms with E-state index in [-0.39, 0.29) is 24.6 Å². The van der Waals surface area contributed by atoms with Crippen molar-refractivity contribution in [2.45, 2.75) is 19.3 Å². The second-order valence-electron chi connectivity index (χ2n) is 4.30. The highest BCUT2D eigenvalue weighted by Crippen LogP contribution is 2.31. The average molecular weight is 270 g/mol. The molecule has 18 heavy (non-hydrogen) atoms. The fraction of sp³-hybridized carbons (Fsp3) is 0.417. The predicted octanol–water partition coefficient (Wildman–Crippen LogP) is 1.04. The number of phenolic OH excluding ortho intramolecular Hbond substituents is 1. The lowest BCUT2D eigenvalue weighted by molar-refractivity contribution is 0.0993. The third-order valence-corrected chi connectivity index (χ3v) is 3.52. The summed E-state index contributed by atoms with van der Waals surface area (Å²) in [6.07, 6.45) is 2.29. The van der Waals surface area contributed by atoms with Crippen LogP contribution in [0.15, 0.2) is 12.1 Å². The monoisotopic (exact) mass is 270 g/mol. The number of aromatic hydroxyl groups is 1. The van der Waals surface area contributed by atoms with Gasteiger partial charge in [-0.3, -0.25) is 8.98 Å². The summed E-state index contributed by atoms with van der Waals surface area (Å²) < 4.78 is 26.3. The molecular formula is C12H14O5S. The van der Waals surface area contributed by atoms with Crippen LogP contribution < -0.4 is 0 Å². The zero-order valence-electron chi connectivity index (χ0n) is 9.97. The van der Waals surface area contributed by atoms with E-state index in [2.05, 4.69) is 4.18 Å². The quantitative estimate of drug-likeness (QED) is 0.827. The molecule has 0 saturated carbocycles. The number of hydrogen-bond acceptors (Lipinski definition) is 5. The lowest BCUT2D eigenvalue weighted by atomic mass is 9.99. The Bertz CT molecular complexity index is 589. The van der Waals surface area contributed by atoms with Gasteiger partial charge < -0.3 is 5.11 Å². The summed E-state index contributed by atoms with van der Waals surface area (Å²) in [5, 5.41) is 9.76. The van der Waals surface area contributed by atoms with Crippen molar-refractivity contribution in [3.05, 3.63) is 28.8 Å². The van der Waals surface area contributed by atoms with Crippen molar-refractivity contribution in [1.29, 1.82) is 0 Å². The number of hydrogen-bond donors (Lipinski definition) is 1. The number of Topliss-reactive ketones (excluding diaryl/α,β-unsaturated/α-hetero) is 1. The first-order valence-electron chi connectivity index (χ1n) is 5.60. The Balaban J connectivity index is 2.23. The Labute approximate surface area is 106 Å². The van der Waals surface area contributed by atoms with Crippen LogP contribution in [0.1, 0.15) is 27.9 Å². The third-order valence-electron chi connectivity index (χ3n) is 2.92. The maximum atomic E-state index is 11.7. The van der Waals surface area contributed by atoms with Gasteiger partial charge in [0.25, 0.3) is 10.1 Å². The molecule has 98 valence electrons. The molecule has 0 bridgehead atoms. The highest BCUT2D eigenvalue weighted by molar-refractivity contribution is 7.85. The largest absolute Gasteiger partial charge is 0.508 e. The van der Waals surface area contributed by atoms with E-state index in [9.17, 15) is 18.3 Å². The van der Waals surface area contributed by atoms with Gasteiger partial charge in [-0.15, -0.1) is 0 Å². The van der Waals surface area contributed by atoms with E-state index in [0.717, 1.165) is 11.8 Å². The molecule has 0 fully saturated rings. The first-order valence-corrected chi connectivity index (χ1v) is 7.41. The van der Waals surface area contributed by atoms with E-state index < -0.39 is 10.1 Å². The van der Waals surface area contributed by atoms with Gasteiger partial charge in [0.2, 0.25) is 0 Å². The van der Waals surface area contributed by atoms with Gasteiger partial charge in [0.05, 0.1) is 12.9 Å². The van der Waals surface area contributed by atoms with Gasteiger partial charge >= 0.3 is 0 Å². The molecule has 5 nitrogen and oxygen atoms in total. The summed E-state index contributed by atoms with van der Waals surface area (Å²) in [6.45, 7) is -0.0733. The molecule has 0 spiro atoms. The number of carbonyl (C=O) groups is 1. The van der Waals surface area contributed by atoms with Crippen molar-refractivity contribution < 1.29 is 22.5 Å². The number of rotatable bonds is 4. The molecule has 1 aromatic carbocycles. The average Bonchev–Trinajstić information content (AvgIpc) is 2.62. The zero-order valence-corrected chi connectivity index (χ0v) is 10.8. The lowest BCUT2D eigenvalue weighted by Gasteiger charge is -2.09. The van der Waals surface area contributed by atoms with Gasteiger partial charge in [0, 0.05) is 24.0 Å². The van der Waals surface area contributed by atoms with Crippen LogP contribution in [-0.2, 0) is 27.1 Å². The molecular weight excluding hydrogens is 256 g/mol. The van der Waals surface area contributed by atoms with Gasteiger partial charge in [0.15, 0.2) is 5.78 Å². The minimum absolute atomic E-state index is 0.00439. The first-order chi connectivity index (χ1) is 8.38. The summed E-state index contributed by atoms with van der Waals surface area (Å²) in [7, 11) is -3.50. The summed E-state index contributed by atoms with van der Waals surface area (Å²) >= 11 is 0. The molecule has 6 heteroatoms. The predicted molar refractivity (Wildman–Crippen MR) is 65.3 cm³/mol. The number of benzene rings is 1. The van der Waals surface area contributed by atoms with Gasteiger partial charge in [-0.1, -0.05) is 6.07 Å². The van der Waals surface area contributed by atoms with E-state index >= 15 is 0 Å². The molecule has 0 atom stereocenters. The normalized spacial score (nSPS) is 14.8. The molecule has 0 saturated heterocycles. The van der Waals surface area contributed by atoms with Crippen molar-refractivity contribution >= 4 is 15.9 Å². The van der Waals surface area contributed by atoms with Crippen LogP contribution in [0.3, 0.4) is 0 Å². The van der Waals surface area contributed by atoms with E-state index in [1.165, 1.54) is 6.07 Å². The van der Waals surface area contributed by atoms with Crippen LogP contribution in [0.2, 0.25) is 0 Å². The second kappa shape index (κ2) is 4.70. The van der Waals surface area contributed by atoms with Crippen LogP contribution >= 0.6 is 0 Å². The van der Waals surface area contributed by atoms with Crippen molar-refractivity contribution in [2.75, 3.05) is 12.9 Å². The van der Waals surface area contributed by atoms with Gasteiger partial charge in [-0.2, -0.15) is 8.42 Å². The van der Waals surface area contributed by atoms with Crippen molar-refractivity contribution in [1.82, 2.24) is 0 Å². The number of phenols is 1. The van der Waals surface area contributed by atoms with Crippen molar-refractivity contribution in [3.8, 4) is 5.75 Å². The van der Waals surface area contributed by atoms with E-state index in [1.807, 2.05) is 0 Å². The second-order valence-corrected chi connectivity index (χ2v) is 5.94. The minimum Gasteiger partial charge on any atom is -0.508 e. The molecule has 1 N–H and O–H groups in total. The van der Waals surface area contributed by atoms with Gasteiger partial charge in [-0.25, -0.2) is 0 Å². The molecule has 1 aliphatic rings. The number of ketones is 1. The Morgan fingerprint density at radius 2 is 2.06 bits per heavy atom. The van der Waals surface area contributed by atoms with Gasteiger partial charge in [-0.05, 0) is 18.1 Å². The highest BCUT2D eigenvalue weighted by atomic mass is 32.2. The third kappa shape index (κ3) is 2.70. The Morgan fingerprint density at radius 1 is 1.33 bits per heavy atom. The van der Waals surface area contributed by atoms with Crippen LogP contribution in [0, 0.1) is 0 Å². The molecule has 0 amide bonds. The fourth-order valence-electron chi connectivity index (χ4n) is 2.16. The molecule has 0 unspecified atom stereocenters. The van der Waals surface area contributed by atoms with Crippen LogP contribution in [0.4, 0.5) is 0 Å². The molecule has 1 aliphatic carbocycles. The Morgan fingerprint density at radius 3 is 2.72 bits per heavy atom. The molecule has 2 rings (SSSR count). The summed E-state index contributed by atoms with van der Waals surface area (Å²) in [5.41, 5.74) is 1.93. The Kier molecular flexibility index (Phi) is 3.41. The highest BCUT2D eigenvalue weighted by Gasteiger charge is 2.24. The number of carbonyl (C=O) groups excluding carboxylic acids is 1. The maximum Gasteiger partial charge on any atom is 0.264 e. The minimum atomic E-state index is -3.50. The standard InChI is InChI=1S/C12H14O5S/c1-18(15,16)17-7-6-9-10(13)4-2-8-3-5-11(14)12(8)9/h2,4,13H,3,5-7H2,1H3. The van der Waals surface area contributed by atoms with E-state index in [0.29, 0.717) is 24.0 Å². The SMILES string of the molecule is CS(=O)(=O)OCCc1c(O)ccc2c1C(=O)CC2. The summed E-state index contributed by atoms with van der Waals surface area (Å²) in [5.74, 6) is 0.0105. The first kappa shape index (κ1) is 13.0. The number of fused-ring (bicyclic) bond motifs is 1. The summed E-state index contributed by atoms with van der Waals surface area (Å²) in [6, 6.07) is 3.27. The van der Waals surface area contributed by atoms with Crippen LogP contribution in [-0.4, -0.2) is 32.2 Å². The van der Waals surface area contributed by atoms with Crippen molar-refractivity contribution in [3.63, 3.8) is 0 Å².